The molecule has 0 radical (unpaired) electrons. The van der Waals surface area contributed by atoms with Gasteiger partial charge in [0.2, 0.25) is 10.0 Å². The minimum Gasteiger partial charge on any atom is -0.490 e. The molecule has 0 saturated carbocycles. The first-order valence-corrected chi connectivity index (χ1v) is 11.8. The number of nitrogens with two attached hydrogens (primary N) is 1. The molecule has 0 saturated heterocycles. The van der Waals surface area contributed by atoms with Gasteiger partial charge >= 0.3 is 0 Å². The van der Waals surface area contributed by atoms with Crippen LogP contribution in [0, 0.1) is 5.82 Å². The Morgan fingerprint density at radius 1 is 1.00 bits per heavy atom. The van der Waals surface area contributed by atoms with Crippen molar-refractivity contribution in [2.24, 2.45) is 5.14 Å². The van der Waals surface area contributed by atoms with Crippen molar-refractivity contribution >= 4 is 31.6 Å². The van der Waals surface area contributed by atoms with Crippen molar-refractivity contribution in [1.82, 2.24) is 0 Å². The first kappa shape index (κ1) is 23.1. The maximum Gasteiger partial charge on any atom is 0.238 e. The molecule has 3 rings (SSSR count). The summed E-state index contributed by atoms with van der Waals surface area (Å²) in [7, 11) is -3.73. The second-order valence-electron chi connectivity index (χ2n) is 6.63. The van der Waals surface area contributed by atoms with Crippen LogP contribution in [0.4, 0.5) is 10.1 Å². The smallest absolute Gasteiger partial charge is 0.238 e. The zero-order valence-electron chi connectivity index (χ0n) is 16.8. The van der Waals surface area contributed by atoms with Gasteiger partial charge in [0.05, 0.1) is 11.5 Å². The van der Waals surface area contributed by atoms with Crippen LogP contribution in [-0.2, 0) is 23.2 Å². The fourth-order valence-corrected chi connectivity index (χ4v) is 3.80. The highest BCUT2D eigenvalue weighted by atomic mass is 79.9. The normalized spacial score (nSPS) is 11.2. The molecule has 31 heavy (non-hydrogen) atoms. The molecule has 0 heterocycles. The summed E-state index contributed by atoms with van der Waals surface area (Å²) < 4.78 is 48.9. The van der Waals surface area contributed by atoms with Gasteiger partial charge in [0.15, 0.2) is 11.5 Å². The van der Waals surface area contributed by atoms with Gasteiger partial charge < -0.3 is 14.8 Å². The molecular formula is C22H22BrFN2O4S. The highest BCUT2D eigenvalue weighted by molar-refractivity contribution is 9.10. The third-order valence-electron chi connectivity index (χ3n) is 4.42. The Labute approximate surface area is 189 Å². The van der Waals surface area contributed by atoms with Gasteiger partial charge in [0.25, 0.3) is 0 Å². The van der Waals surface area contributed by atoms with E-state index in [0.29, 0.717) is 30.2 Å². The van der Waals surface area contributed by atoms with Crippen molar-refractivity contribution in [1.29, 1.82) is 0 Å². The van der Waals surface area contributed by atoms with Gasteiger partial charge in [-0.25, -0.2) is 17.9 Å². The van der Waals surface area contributed by atoms with Crippen LogP contribution in [-0.4, -0.2) is 15.0 Å². The Balaban J connectivity index is 1.74. The zero-order valence-corrected chi connectivity index (χ0v) is 19.2. The Morgan fingerprint density at radius 2 is 1.68 bits per heavy atom. The van der Waals surface area contributed by atoms with Crippen molar-refractivity contribution in [3.8, 4) is 11.5 Å². The van der Waals surface area contributed by atoms with Crippen molar-refractivity contribution in [2.75, 3.05) is 11.9 Å². The van der Waals surface area contributed by atoms with Gasteiger partial charge in [0.1, 0.15) is 12.4 Å². The Kier molecular flexibility index (Phi) is 7.53. The summed E-state index contributed by atoms with van der Waals surface area (Å²) in [5.41, 5.74) is 2.09. The largest absolute Gasteiger partial charge is 0.490 e. The number of sulfonamides is 1. The van der Waals surface area contributed by atoms with E-state index in [-0.39, 0.29) is 17.3 Å². The highest BCUT2D eigenvalue weighted by Crippen LogP contribution is 2.35. The predicted molar refractivity (Wildman–Crippen MR) is 121 cm³/mol. The van der Waals surface area contributed by atoms with Crippen LogP contribution >= 0.6 is 15.9 Å². The van der Waals surface area contributed by atoms with E-state index >= 15 is 0 Å². The van der Waals surface area contributed by atoms with Crippen LogP contribution in [0.2, 0.25) is 0 Å². The Morgan fingerprint density at radius 3 is 2.32 bits per heavy atom. The number of primary sulfonamides is 1. The average Bonchev–Trinajstić information content (AvgIpc) is 2.73. The summed E-state index contributed by atoms with van der Waals surface area (Å²) in [5, 5.41) is 8.34. The molecule has 3 aromatic rings. The van der Waals surface area contributed by atoms with E-state index in [1.165, 1.54) is 18.2 Å². The number of rotatable bonds is 9. The van der Waals surface area contributed by atoms with Crippen LogP contribution in [0.3, 0.4) is 0 Å². The fraction of sp³-hybridized carbons (Fsp3) is 0.182. The third kappa shape index (κ3) is 6.19. The summed E-state index contributed by atoms with van der Waals surface area (Å²) in [6.07, 6.45) is 0. The molecule has 0 fully saturated rings. The molecule has 0 spiro atoms. The predicted octanol–water partition coefficient (Wildman–Crippen LogP) is 4.83. The Hall–Kier alpha value is -2.62. The van der Waals surface area contributed by atoms with Crippen molar-refractivity contribution in [3.63, 3.8) is 0 Å². The monoisotopic (exact) mass is 508 g/mol. The molecule has 0 atom stereocenters. The minimum atomic E-state index is -3.73. The van der Waals surface area contributed by atoms with Crippen LogP contribution in [0.15, 0.2) is 70.0 Å². The minimum absolute atomic E-state index is 0.0502. The molecule has 3 aromatic carbocycles. The lowest BCUT2D eigenvalue weighted by atomic mass is 10.2. The number of hydrogen-bond acceptors (Lipinski definition) is 5. The molecule has 0 bridgehead atoms. The average molecular weight is 509 g/mol. The molecule has 0 aromatic heterocycles. The van der Waals surface area contributed by atoms with E-state index in [1.54, 1.807) is 36.4 Å². The summed E-state index contributed by atoms with van der Waals surface area (Å²) in [5.74, 6) is 0.718. The van der Waals surface area contributed by atoms with Crippen molar-refractivity contribution in [2.45, 2.75) is 25.0 Å². The third-order valence-corrected chi connectivity index (χ3v) is 6.09. The molecule has 9 heteroatoms. The number of anilines is 1. The van der Waals surface area contributed by atoms with E-state index in [4.69, 9.17) is 14.6 Å². The molecule has 6 nitrogen and oxygen atoms in total. The van der Waals surface area contributed by atoms with Crippen LogP contribution in [0.5, 0.6) is 11.5 Å². The highest BCUT2D eigenvalue weighted by Gasteiger charge is 2.13. The lowest BCUT2D eigenvalue weighted by Crippen LogP contribution is -2.12. The van der Waals surface area contributed by atoms with Gasteiger partial charge in [-0.2, -0.15) is 0 Å². The number of halogens is 2. The summed E-state index contributed by atoms with van der Waals surface area (Å²) in [6, 6.07) is 16.2. The topological polar surface area (TPSA) is 90.6 Å². The second kappa shape index (κ2) is 10.1. The molecule has 0 unspecified atom stereocenters. The summed E-state index contributed by atoms with van der Waals surface area (Å²) in [6.45, 7) is 2.84. The van der Waals surface area contributed by atoms with E-state index in [2.05, 4.69) is 21.2 Å². The lowest BCUT2D eigenvalue weighted by molar-refractivity contribution is 0.265. The van der Waals surface area contributed by atoms with Crippen LogP contribution < -0.4 is 19.9 Å². The van der Waals surface area contributed by atoms with E-state index in [9.17, 15) is 12.8 Å². The van der Waals surface area contributed by atoms with Crippen molar-refractivity contribution < 1.29 is 22.3 Å². The van der Waals surface area contributed by atoms with Gasteiger partial charge in [-0.3, -0.25) is 0 Å². The van der Waals surface area contributed by atoms with Gasteiger partial charge in [-0.05, 0) is 55.0 Å². The van der Waals surface area contributed by atoms with E-state index in [0.717, 1.165) is 15.7 Å². The lowest BCUT2D eigenvalue weighted by Gasteiger charge is -2.16. The summed E-state index contributed by atoms with van der Waals surface area (Å²) in [4.78, 5) is 0.0502. The zero-order chi connectivity index (χ0) is 22.4. The number of benzene rings is 3. The number of nitrogens with one attached hydrogen (secondary N) is 1. The maximum atomic E-state index is 13.9. The van der Waals surface area contributed by atoms with Gasteiger partial charge in [-0.1, -0.05) is 34.1 Å². The quantitative estimate of drug-likeness (QED) is 0.432. The van der Waals surface area contributed by atoms with E-state index in [1.807, 2.05) is 13.0 Å². The maximum absolute atomic E-state index is 13.9. The molecule has 0 aliphatic carbocycles. The second-order valence-corrected chi connectivity index (χ2v) is 9.04. The SMILES string of the molecule is CCOc1cc(CNc2ccc(S(N)(=O)=O)cc2)c(Br)cc1OCc1ccccc1F. The first-order valence-electron chi connectivity index (χ1n) is 9.46. The van der Waals surface area contributed by atoms with E-state index < -0.39 is 10.0 Å². The van der Waals surface area contributed by atoms with Gasteiger partial charge in [-0.15, -0.1) is 0 Å². The number of hydrogen-bond donors (Lipinski definition) is 2. The Bertz CT molecular complexity index is 1150. The fourth-order valence-electron chi connectivity index (χ4n) is 2.82. The molecule has 0 amide bonds. The molecular weight excluding hydrogens is 487 g/mol. The van der Waals surface area contributed by atoms with Crippen LogP contribution in [0.25, 0.3) is 0 Å². The molecule has 0 aliphatic heterocycles. The molecule has 164 valence electrons. The standard InChI is InChI=1S/C22H22BrFN2O4S/c1-2-29-21-11-16(13-26-17-7-9-18(10-8-17)31(25,27)28)19(23)12-22(21)30-14-15-5-3-4-6-20(15)24/h3-12,26H,2,13-14H2,1H3,(H2,25,27,28). The first-order chi connectivity index (χ1) is 14.8. The van der Waals surface area contributed by atoms with Crippen LogP contribution in [0.1, 0.15) is 18.1 Å². The molecule has 3 N–H and O–H groups in total. The van der Waals surface area contributed by atoms with Gasteiger partial charge in [0, 0.05) is 22.3 Å². The molecule has 0 aliphatic rings. The number of ether oxygens (including phenoxy) is 2. The summed E-state index contributed by atoms with van der Waals surface area (Å²) >= 11 is 3.54. The van der Waals surface area contributed by atoms with Crippen molar-refractivity contribution in [3.05, 3.63) is 82.1 Å².